The van der Waals surface area contributed by atoms with Gasteiger partial charge in [0.2, 0.25) is 0 Å². The number of halogens is 1. The maximum atomic E-state index is 13.6. The molecule has 0 atom stereocenters. The summed E-state index contributed by atoms with van der Waals surface area (Å²) >= 11 is 0. The number of rotatable bonds is 0. The predicted molar refractivity (Wildman–Crippen MR) is 59.9 cm³/mol. The third-order valence-corrected chi connectivity index (χ3v) is 2.48. The monoisotopic (exact) mass is 216 g/mol. The summed E-state index contributed by atoms with van der Waals surface area (Å²) in [5, 5.41) is 19.8. The Morgan fingerprint density at radius 3 is 2.56 bits per heavy atom. The Kier molecular flexibility index (Phi) is 2.21. The number of hydrogen-bond acceptors (Lipinski definition) is 2. The van der Waals surface area contributed by atoms with Crippen LogP contribution in [0.2, 0.25) is 0 Å². The quantitative estimate of drug-likeness (QED) is 0.665. The third-order valence-electron chi connectivity index (χ3n) is 2.48. The number of aromatic hydroxyl groups is 2. The van der Waals surface area contributed by atoms with Crippen LogP contribution in [-0.2, 0) is 0 Å². The molecule has 2 aromatic rings. The first-order valence-corrected chi connectivity index (χ1v) is 4.66. The second-order valence-corrected chi connectivity index (χ2v) is 3.59. The van der Waals surface area contributed by atoms with Crippen molar-refractivity contribution in [2.24, 2.45) is 0 Å². The number of terminal acetylenes is 1. The predicted octanol–water partition coefficient (Wildman–Crippen LogP) is 2.68. The van der Waals surface area contributed by atoms with Crippen molar-refractivity contribution in [3.8, 4) is 23.8 Å². The molecule has 0 aliphatic carbocycles. The van der Waals surface area contributed by atoms with Gasteiger partial charge in [-0.05, 0) is 36.1 Å². The van der Waals surface area contributed by atoms with Gasteiger partial charge in [-0.1, -0.05) is 5.92 Å². The average molecular weight is 216 g/mol. The molecule has 2 aromatic carbocycles. The smallest absolute Gasteiger partial charge is 0.181 e. The molecule has 0 aromatic heterocycles. The van der Waals surface area contributed by atoms with Crippen molar-refractivity contribution in [2.45, 2.75) is 6.92 Å². The van der Waals surface area contributed by atoms with Crippen molar-refractivity contribution in [2.75, 3.05) is 0 Å². The standard InChI is InChI=1S/C13H9FO2/c1-3-10-12-7(2)4-9(15)5-8(12)6-11(16)13(10)14/h1,4-6,15-16H,2H3. The first-order valence-electron chi connectivity index (χ1n) is 4.66. The highest BCUT2D eigenvalue weighted by atomic mass is 19.1. The van der Waals surface area contributed by atoms with E-state index in [0.29, 0.717) is 16.3 Å². The summed E-state index contributed by atoms with van der Waals surface area (Å²) in [6.07, 6.45) is 5.23. The molecule has 0 amide bonds. The molecular weight excluding hydrogens is 207 g/mol. The normalized spacial score (nSPS) is 10.3. The molecule has 0 aliphatic heterocycles. The third kappa shape index (κ3) is 1.36. The van der Waals surface area contributed by atoms with Gasteiger partial charge in [-0.15, -0.1) is 6.42 Å². The fraction of sp³-hybridized carbons (Fsp3) is 0.0769. The van der Waals surface area contributed by atoms with Crippen molar-refractivity contribution < 1.29 is 14.6 Å². The first-order chi connectivity index (χ1) is 7.54. The molecule has 0 saturated heterocycles. The lowest BCUT2D eigenvalue weighted by Gasteiger charge is -2.08. The molecule has 0 fully saturated rings. The number of phenols is 2. The van der Waals surface area contributed by atoms with Gasteiger partial charge in [0, 0.05) is 5.39 Å². The summed E-state index contributed by atoms with van der Waals surface area (Å²) < 4.78 is 13.6. The van der Waals surface area contributed by atoms with Crippen LogP contribution in [0.4, 0.5) is 4.39 Å². The van der Waals surface area contributed by atoms with Gasteiger partial charge in [-0.25, -0.2) is 4.39 Å². The van der Waals surface area contributed by atoms with Crippen molar-refractivity contribution in [3.63, 3.8) is 0 Å². The van der Waals surface area contributed by atoms with Gasteiger partial charge >= 0.3 is 0 Å². The van der Waals surface area contributed by atoms with Crippen molar-refractivity contribution >= 4 is 10.8 Å². The Labute approximate surface area is 92.0 Å². The first kappa shape index (κ1) is 10.3. The summed E-state index contributed by atoms with van der Waals surface area (Å²) in [7, 11) is 0. The molecule has 2 nitrogen and oxygen atoms in total. The number of phenolic OH excluding ortho intramolecular Hbond substituents is 2. The van der Waals surface area contributed by atoms with Crippen LogP contribution >= 0.6 is 0 Å². The Balaban J connectivity index is 3.04. The van der Waals surface area contributed by atoms with E-state index in [2.05, 4.69) is 5.92 Å². The van der Waals surface area contributed by atoms with Crippen LogP contribution in [0.3, 0.4) is 0 Å². The zero-order chi connectivity index (χ0) is 11.9. The van der Waals surface area contributed by atoms with E-state index in [1.54, 1.807) is 6.92 Å². The molecule has 80 valence electrons. The number of hydrogen-bond donors (Lipinski definition) is 2. The van der Waals surface area contributed by atoms with Crippen molar-refractivity contribution in [3.05, 3.63) is 35.1 Å². The highest BCUT2D eigenvalue weighted by Gasteiger charge is 2.13. The second-order valence-electron chi connectivity index (χ2n) is 3.59. The Bertz CT molecular complexity index is 624. The molecular formula is C13H9FO2. The van der Waals surface area contributed by atoms with E-state index in [-0.39, 0.29) is 11.3 Å². The molecule has 0 saturated carbocycles. The Hall–Kier alpha value is -2.21. The molecule has 16 heavy (non-hydrogen) atoms. The molecule has 0 bridgehead atoms. The molecule has 0 unspecified atom stereocenters. The van der Waals surface area contributed by atoms with Crippen LogP contribution in [0.5, 0.6) is 11.5 Å². The van der Waals surface area contributed by atoms with Gasteiger partial charge in [-0.3, -0.25) is 0 Å². The summed E-state index contributed by atoms with van der Waals surface area (Å²) in [6.45, 7) is 1.72. The summed E-state index contributed by atoms with van der Waals surface area (Å²) in [5.41, 5.74) is 0.689. The van der Waals surface area contributed by atoms with Gasteiger partial charge in [-0.2, -0.15) is 0 Å². The minimum absolute atomic E-state index is 0.0208. The summed E-state index contributed by atoms with van der Waals surface area (Å²) in [4.78, 5) is 0. The van der Waals surface area contributed by atoms with E-state index >= 15 is 0 Å². The summed E-state index contributed by atoms with van der Waals surface area (Å²) in [5.74, 6) is 0.966. The van der Waals surface area contributed by atoms with Crippen LogP contribution in [0.25, 0.3) is 10.8 Å². The topological polar surface area (TPSA) is 40.5 Å². The highest BCUT2D eigenvalue weighted by Crippen LogP contribution is 2.32. The maximum Gasteiger partial charge on any atom is 0.181 e. The fourth-order valence-corrected chi connectivity index (χ4v) is 1.83. The zero-order valence-corrected chi connectivity index (χ0v) is 8.58. The van der Waals surface area contributed by atoms with Crippen LogP contribution in [0.1, 0.15) is 11.1 Å². The molecule has 0 aliphatic rings. The van der Waals surface area contributed by atoms with E-state index in [9.17, 15) is 14.6 Å². The van der Waals surface area contributed by atoms with E-state index in [0.717, 1.165) is 0 Å². The molecule has 0 heterocycles. The number of fused-ring (bicyclic) bond motifs is 1. The van der Waals surface area contributed by atoms with Gasteiger partial charge < -0.3 is 10.2 Å². The largest absolute Gasteiger partial charge is 0.508 e. The minimum atomic E-state index is -0.802. The SMILES string of the molecule is C#Cc1c(F)c(O)cc2cc(O)cc(C)c12. The average Bonchev–Trinajstić information content (AvgIpc) is 2.20. The summed E-state index contributed by atoms with van der Waals surface area (Å²) in [6, 6.07) is 4.18. The lowest BCUT2D eigenvalue weighted by Crippen LogP contribution is -1.90. The van der Waals surface area contributed by atoms with Gasteiger partial charge in [0.15, 0.2) is 11.6 Å². The zero-order valence-electron chi connectivity index (χ0n) is 8.58. The van der Waals surface area contributed by atoms with Crippen LogP contribution < -0.4 is 0 Å². The molecule has 2 N–H and O–H groups in total. The molecule has 0 spiro atoms. The number of benzene rings is 2. The lowest BCUT2D eigenvalue weighted by atomic mass is 9.99. The van der Waals surface area contributed by atoms with E-state index in [1.807, 2.05) is 0 Å². The van der Waals surface area contributed by atoms with Crippen LogP contribution in [0.15, 0.2) is 18.2 Å². The van der Waals surface area contributed by atoms with Gasteiger partial charge in [0.25, 0.3) is 0 Å². The van der Waals surface area contributed by atoms with Crippen LogP contribution in [0, 0.1) is 25.1 Å². The fourth-order valence-electron chi connectivity index (χ4n) is 1.83. The van der Waals surface area contributed by atoms with Crippen molar-refractivity contribution in [1.82, 2.24) is 0 Å². The molecule has 3 heteroatoms. The maximum absolute atomic E-state index is 13.6. The Morgan fingerprint density at radius 1 is 1.25 bits per heavy atom. The van der Waals surface area contributed by atoms with Crippen LogP contribution in [-0.4, -0.2) is 10.2 Å². The van der Waals surface area contributed by atoms with E-state index in [1.165, 1.54) is 18.2 Å². The second kappa shape index (κ2) is 3.42. The lowest BCUT2D eigenvalue weighted by molar-refractivity contribution is 0.433. The molecule has 0 radical (unpaired) electrons. The minimum Gasteiger partial charge on any atom is -0.508 e. The molecule has 2 rings (SSSR count). The van der Waals surface area contributed by atoms with Gasteiger partial charge in [0.05, 0.1) is 5.56 Å². The van der Waals surface area contributed by atoms with E-state index in [4.69, 9.17) is 6.42 Å². The highest BCUT2D eigenvalue weighted by molar-refractivity contribution is 5.93. The number of aryl methyl sites for hydroxylation is 1. The Morgan fingerprint density at radius 2 is 1.94 bits per heavy atom. The van der Waals surface area contributed by atoms with E-state index < -0.39 is 11.6 Å². The van der Waals surface area contributed by atoms with Crippen molar-refractivity contribution in [1.29, 1.82) is 0 Å². The van der Waals surface area contributed by atoms with Gasteiger partial charge in [0.1, 0.15) is 5.75 Å².